The van der Waals surface area contributed by atoms with Crippen LogP contribution in [0.1, 0.15) is 39.5 Å². The summed E-state index contributed by atoms with van der Waals surface area (Å²) in [7, 11) is 0. The Morgan fingerprint density at radius 3 is 2.50 bits per heavy atom. The molecule has 60 valence electrons. The Bertz CT molecular complexity index is 94.9. The van der Waals surface area contributed by atoms with Gasteiger partial charge in [0.05, 0.1) is 0 Å². The first-order valence-electron chi connectivity index (χ1n) is 4.19. The van der Waals surface area contributed by atoms with Crippen LogP contribution < -0.4 is 5.73 Å². The molecule has 0 fully saturated rings. The van der Waals surface area contributed by atoms with E-state index in [0.29, 0.717) is 0 Å². The molecule has 0 heterocycles. The molecule has 0 saturated carbocycles. The maximum atomic E-state index is 5.50. The molecule has 0 aromatic rings. The van der Waals surface area contributed by atoms with E-state index in [1.807, 2.05) is 0 Å². The van der Waals surface area contributed by atoms with E-state index in [1.165, 1.54) is 31.3 Å². The molecule has 0 aromatic carbocycles. The zero-order chi connectivity index (χ0) is 7.82. The van der Waals surface area contributed by atoms with E-state index in [-0.39, 0.29) is 0 Å². The summed E-state index contributed by atoms with van der Waals surface area (Å²) < 4.78 is 0. The summed E-state index contributed by atoms with van der Waals surface area (Å²) >= 11 is 0. The highest BCUT2D eigenvalue weighted by Gasteiger charge is 1.91. The Balaban J connectivity index is 3.27. The Morgan fingerprint density at radius 2 is 2.10 bits per heavy atom. The van der Waals surface area contributed by atoms with Gasteiger partial charge in [-0.2, -0.15) is 0 Å². The van der Waals surface area contributed by atoms with Gasteiger partial charge < -0.3 is 5.73 Å². The molecule has 0 aliphatic heterocycles. The van der Waals surface area contributed by atoms with Crippen LogP contribution in [0, 0.1) is 0 Å². The van der Waals surface area contributed by atoms with Gasteiger partial charge in [-0.25, -0.2) is 0 Å². The van der Waals surface area contributed by atoms with Crippen LogP contribution in [0.4, 0.5) is 0 Å². The van der Waals surface area contributed by atoms with E-state index in [0.717, 1.165) is 6.54 Å². The minimum Gasteiger partial charge on any atom is -0.327 e. The van der Waals surface area contributed by atoms with Crippen molar-refractivity contribution in [3.05, 3.63) is 11.6 Å². The van der Waals surface area contributed by atoms with Crippen LogP contribution >= 0.6 is 0 Å². The first-order chi connectivity index (χ1) is 4.85. The SMILES string of the molecule is C/C=C(/CN)CCCCC. The molecule has 2 N–H and O–H groups in total. The van der Waals surface area contributed by atoms with Crippen LogP contribution in [0.25, 0.3) is 0 Å². The van der Waals surface area contributed by atoms with Gasteiger partial charge in [-0.05, 0) is 19.8 Å². The number of hydrogen-bond acceptors (Lipinski definition) is 1. The molecule has 0 atom stereocenters. The van der Waals surface area contributed by atoms with Gasteiger partial charge in [-0.1, -0.05) is 31.4 Å². The van der Waals surface area contributed by atoms with Crippen molar-refractivity contribution in [2.24, 2.45) is 5.73 Å². The number of nitrogens with two attached hydrogens (primary N) is 1. The molecule has 10 heavy (non-hydrogen) atoms. The highest BCUT2D eigenvalue weighted by atomic mass is 14.5. The monoisotopic (exact) mass is 141 g/mol. The third-order valence-corrected chi connectivity index (χ3v) is 1.77. The summed E-state index contributed by atoms with van der Waals surface area (Å²) in [5.74, 6) is 0. The second kappa shape index (κ2) is 6.81. The maximum absolute atomic E-state index is 5.50. The maximum Gasteiger partial charge on any atom is 0.0136 e. The van der Waals surface area contributed by atoms with Crippen LogP contribution in [-0.2, 0) is 0 Å². The minimum absolute atomic E-state index is 0.736. The molecule has 1 nitrogen and oxygen atoms in total. The van der Waals surface area contributed by atoms with Gasteiger partial charge >= 0.3 is 0 Å². The smallest absolute Gasteiger partial charge is 0.0136 e. The van der Waals surface area contributed by atoms with Crippen LogP contribution in [0.15, 0.2) is 11.6 Å². The van der Waals surface area contributed by atoms with Crippen LogP contribution in [-0.4, -0.2) is 6.54 Å². The van der Waals surface area contributed by atoms with Crippen molar-refractivity contribution in [2.45, 2.75) is 39.5 Å². The van der Waals surface area contributed by atoms with Gasteiger partial charge in [0.2, 0.25) is 0 Å². The summed E-state index contributed by atoms with van der Waals surface area (Å²) in [5, 5.41) is 0. The lowest BCUT2D eigenvalue weighted by atomic mass is 10.1. The normalized spacial score (nSPS) is 12.1. The number of rotatable bonds is 5. The van der Waals surface area contributed by atoms with E-state index >= 15 is 0 Å². The summed E-state index contributed by atoms with van der Waals surface area (Å²) in [6, 6.07) is 0. The lowest BCUT2D eigenvalue weighted by molar-refractivity contribution is 0.706. The minimum atomic E-state index is 0.736. The average molecular weight is 141 g/mol. The highest BCUT2D eigenvalue weighted by Crippen LogP contribution is 2.06. The lowest BCUT2D eigenvalue weighted by Crippen LogP contribution is -2.02. The Hall–Kier alpha value is -0.300. The molecule has 0 aromatic heterocycles. The standard InChI is InChI=1S/C9H19N/c1-3-5-6-7-9(4-2)8-10/h4H,3,5-8,10H2,1-2H3/b9-4+. The molecule has 0 spiro atoms. The summed E-state index contributed by atoms with van der Waals surface area (Å²) in [4.78, 5) is 0. The number of unbranched alkanes of at least 4 members (excludes halogenated alkanes) is 2. The third kappa shape index (κ3) is 4.57. The molecule has 0 aliphatic rings. The number of allylic oxidation sites excluding steroid dienone is 1. The molecule has 0 bridgehead atoms. The van der Waals surface area contributed by atoms with Gasteiger partial charge in [0.25, 0.3) is 0 Å². The predicted molar refractivity (Wildman–Crippen MR) is 47.0 cm³/mol. The second-order valence-corrected chi connectivity index (χ2v) is 2.61. The van der Waals surface area contributed by atoms with Crippen LogP contribution in [0.3, 0.4) is 0 Å². The molecular formula is C9H19N. The van der Waals surface area contributed by atoms with Gasteiger partial charge in [-0.15, -0.1) is 0 Å². The Morgan fingerprint density at radius 1 is 1.40 bits per heavy atom. The van der Waals surface area contributed by atoms with Gasteiger partial charge in [0.1, 0.15) is 0 Å². The van der Waals surface area contributed by atoms with Gasteiger partial charge in [0.15, 0.2) is 0 Å². The predicted octanol–water partition coefficient (Wildman–Crippen LogP) is 2.47. The second-order valence-electron chi connectivity index (χ2n) is 2.61. The summed E-state index contributed by atoms with van der Waals surface area (Å²) in [5.41, 5.74) is 6.89. The van der Waals surface area contributed by atoms with E-state index in [4.69, 9.17) is 5.73 Å². The first kappa shape index (κ1) is 9.70. The Kier molecular flexibility index (Phi) is 6.61. The average Bonchev–Trinajstić information content (AvgIpc) is 1.99. The zero-order valence-corrected chi connectivity index (χ0v) is 7.19. The van der Waals surface area contributed by atoms with Crippen LogP contribution in [0.2, 0.25) is 0 Å². The number of hydrogen-bond donors (Lipinski definition) is 1. The fourth-order valence-corrected chi connectivity index (χ4v) is 0.966. The molecule has 0 unspecified atom stereocenters. The molecule has 1 heteroatoms. The van der Waals surface area contributed by atoms with Crippen molar-refractivity contribution in [3.8, 4) is 0 Å². The lowest BCUT2D eigenvalue weighted by Gasteiger charge is -2.01. The van der Waals surface area contributed by atoms with Crippen molar-refractivity contribution in [1.82, 2.24) is 0 Å². The fourth-order valence-electron chi connectivity index (χ4n) is 0.966. The molecule has 0 aliphatic carbocycles. The highest BCUT2D eigenvalue weighted by molar-refractivity contribution is 5.01. The van der Waals surface area contributed by atoms with Crippen molar-refractivity contribution in [2.75, 3.05) is 6.54 Å². The van der Waals surface area contributed by atoms with E-state index in [1.54, 1.807) is 0 Å². The fraction of sp³-hybridized carbons (Fsp3) is 0.778. The van der Waals surface area contributed by atoms with E-state index in [2.05, 4.69) is 19.9 Å². The largest absolute Gasteiger partial charge is 0.327 e. The van der Waals surface area contributed by atoms with E-state index < -0.39 is 0 Å². The summed E-state index contributed by atoms with van der Waals surface area (Å²) in [6.07, 6.45) is 7.25. The van der Waals surface area contributed by atoms with Crippen molar-refractivity contribution in [3.63, 3.8) is 0 Å². The Labute approximate surface area is 64.3 Å². The molecule has 0 amide bonds. The third-order valence-electron chi connectivity index (χ3n) is 1.77. The molecule has 0 saturated heterocycles. The quantitative estimate of drug-likeness (QED) is 0.462. The van der Waals surface area contributed by atoms with Crippen molar-refractivity contribution >= 4 is 0 Å². The molecule has 0 radical (unpaired) electrons. The van der Waals surface area contributed by atoms with Gasteiger partial charge in [0, 0.05) is 6.54 Å². The molecular weight excluding hydrogens is 122 g/mol. The summed E-state index contributed by atoms with van der Waals surface area (Å²) in [6.45, 7) is 5.02. The van der Waals surface area contributed by atoms with Gasteiger partial charge in [-0.3, -0.25) is 0 Å². The van der Waals surface area contributed by atoms with Crippen LogP contribution in [0.5, 0.6) is 0 Å². The van der Waals surface area contributed by atoms with Crippen molar-refractivity contribution < 1.29 is 0 Å². The van der Waals surface area contributed by atoms with E-state index in [9.17, 15) is 0 Å². The zero-order valence-electron chi connectivity index (χ0n) is 7.19. The van der Waals surface area contributed by atoms with Crippen molar-refractivity contribution in [1.29, 1.82) is 0 Å². The topological polar surface area (TPSA) is 26.0 Å². The molecule has 0 rings (SSSR count). The first-order valence-corrected chi connectivity index (χ1v) is 4.19.